The minimum absolute atomic E-state index is 0.723. The summed E-state index contributed by atoms with van der Waals surface area (Å²) in [5.74, 6) is 3.43. The highest BCUT2D eigenvalue weighted by Gasteiger charge is 2.30. The number of nitriles is 1. The molecule has 2 fully saturated rings. The predicted molar refractivity (Wildman–Crippen MR) is 133 cm³/mol. The molecular weight excluding hydrogens is 374 g/mol. The van der Waals surface area contributed by atoms with Crippen LogP contribution in [0.2, 0.25) is 0 Å². The number of hydrogen-bond acceptors (Lipinski definition) is 1. The maximum absolute atomic E-state index is 8.57. The standard InChI is InChI=1S/C30H43N/c1-2-3-4-5-7-10-25-12-16-27(17-13-25)29-20-22-30(23-21-29)28-18-14-26(15-19-28)11-8-6-9-24-31/h6,8-9,11-13,16-17,26,28-30H,2-5,7,10,14-15,18-23H2,1H3/b9-6+,11-8+/t26?,28?,29-,30-. The van der Waals surface area contributed by atoms with E-state index in [4.69, 9.17) is 5.26 Å². The van der Waals surface area contributed by atoms with Crippen LogP contribution in [0.25, 0.3) is 0 Å². The van der Waals surface area contributed by atoms with Crippen LogP contribution in [0, 0.1) is 29.1 Å². The maximum atomic E-state index is 8.57. The first-order valence-corrected chi connectivity index (χ1v) is 13.1. The van der Waals surface area contributed by atoms with Crippen LogP contribution in [-0.4, -0.2) is 0 Å². The van der Waals surface area contributed by atoms with Crippen LogP contribution >= 0.6 is 0 Å². The molecule has 2 aliphatic rings. The van der Waals surface area contributed by atoms with E-state index in [9.17, 15) is 0 Å². The molecule has 2 aliphatic carbocycles. The Morgan fingerprint density at radius 1 is 0.806 bits per heavy atom. The number of allylic oxidation sites excluding steroid dienone is 4. The van der Waals surface area contributed by atoms with E-state index < -0.39 is 0 Å². The van der Waals surface area contributed by atoms with Gasteiger partial charge in [0.05, 0.1) is 6.07 Å². The molecule has 1 nitrogen and oxygen atoms in total. The molecule has 0 aliphatic heterocycles. The summed E-state index contributed by atoms with van der Waals surface area (Å²) in [7, 11) is 0. The van der Waals surface area contributed by atoms with Crippen LogP contribution in [0.5, 0.6) is 0 Å². The molecule has 1 aromatic rings. The fourth-order valence-corrected chi connectivity index (χ4v) is 5.94. The number of nitrogens with zero attached hydrogens (tertiary/aromatic N) is 1. The highest BCUT2D eigenvalue weighted by Crippen LogP contribution is 2.44. The first-order valence-electron chi connectivity index (χ1n) is 13.1. The Morgan fingerprint density at radius 2 is 1.45 bits per heavy atom. The monoisotopic (exact) mass is 417 g/mol. The van der Waals surface area contributed by atoms with Crippen molar-refractivity contribution < 1.29 is 0 Å². The molecule has 2 saturated carbocycles. The zero-order valence-electron chi connectivity index (χ0n) is 19.8. The van der Waals surface area contributed by atoms with Crippen LogP contribution in [-0.2, 0) is 6.42 Å². The van der Waals surface area contributed by atoms with Gasteiger partial charge in [-0.25, -0.2) is 0 Å². The first kappa shape index (κ1) is 23.8. The summed E-state index contributed by atoms with van der Waals surface area (Å²) in [5, 5.41) is 8.57. The summed E-state index contributed by atoms with van der Waals surface area (Å²) in [6, 6.07) is 11.7. The molecule has 0 atom stereocenters. The average Bonchev–Trinajstić information content (AvgIpc) is 2.83. The molecule has 0 radical (unpaired) electrons. The minimum atomic E-state index is 0.723. The summed E-state index contributed by atoms with van der Waals surface area (Å²) in [6.07, 6.45) is 27.0. The van der Waals surface area contributed by atoms with Crippen molar-refractivity contribution in [1.29, 1.82) is 5.26 Å². The van der Waals surface area contributed by atoms with Gasteiger partial charge in [-0.3, -0.25) is 0 Å². The molecule has 3 rings (SSSR count). The summed E-state index contributed by atoms with van der Waals surface area (Å²) < 4.78 is 0. The summed E-state index contributed by atoms with van der Waals surface area (Å²) in [4.78, 5) is 0. The van der Waals surface area contributed by atoms with Gasteiger partial charge in [0.15, 0.2) is 0 Å². The van der Waals surface area contributed by atoms with E-state index in [1.54, 1.807) is 11.6 Å². The van der Waals surface area contributed by atoms with Gasteiger partial charge in [-0.05, 0) is 99.0 Å². The van der Waals surface area contributed by atoms with E-state index in [-0.39, 0.29) is 0 Å². The Morgan fingerprint density at radius 3 is 2.10 bits per heavy atom. The molecule has 0 N–H and O–H groups in total. The Balaban J connectivity index is 1.36. The van der Waals surface area contributed by atoms with E-state index >= 15 is 0 Å². The summed E-state index contributed by atoms with van der Waals surface area (Å²) in [6.45, 7) is 2.29. The molecule has 0 spiro atoms. The smallest absolute Gasteiger partial charge is 0.0912 e. The molecule has 0 heterocycles. The van der Waals surface area contributed by atoms with Crippen LogP contribution in [0.1, 0.15) is 107 Å². The summed E-state index contributed by atoms with van der Waals surface area (Å²) in [5.41, 5.74) is 3.12. The van der Waals surface area contributed by atoms with Crippen molar-refractivity contribution in [2.75, 3.05) is 0 Å². The number of hydrogen-bond donors (Lipinski definition) is 0. The van der Waals surface area contributed by atoms with Gasteiger partial charge in [0.25, 0.3) is 0 Å². The predicted octanol–water partition coefficient (Wildman–Crippen LogP) is 8.92. The van der Waals surface area contributed by atoms with Crippen molar-refractivity contribution in [3.05, 3.63) is 59.7 Å². The SMILES string of the molecule is CCCCCCCc1ccc([C@H]2CC[C@H](C3CCC(/C=C/C=C/C#N)CC3)CC2)cc1. The fraction of sp³-hybridized carbons (Fsp3) is 0.633. The second kappa shape index (κ2) is 13.6. The molecule has 0 saturated heterocycles. The highest BCUT2D eigenvalue weighted by atomic mass is 14.4. The van der Waals surface area contributed by atoms with Gasteiger partial charge in [-0.2, -0.15) is 5.26 Å². The van der Waals surface area contributed by atoms with Crippen LogP contribution in [0.3, 0.4) is 0 Å². The lowest BCUT2D eigenvalue weighted by Gasteiger charge is -2.37. The Kier molecular flexibility index (Phi) is 10.4. The third kappa shape index (κ3) is 7.99. The molecule has 168 valence electrons. The lowest BCUT2D eigenvalue weighted by Crippen LogP contribution is -2.25. The number of unbranched alkanes of at least 4 members (excludes halogenated alkanes) is 4. The summed E-state index contributed by atoms with van der Waals surface area (Å²) >= 11 is 0. The van der Waals surface area contributed by atoms with Gasteiger partial charge in [0.1, 0.15) is 0 Å². The third-order valence-electron chi connectivity index (χ3n) is 7.94. The van der Waals surface area contributed by atoms with E-state index in [1.165, 1.54) is 95.5 Å². The minimum Gasteiger partial charge on any atom is -0.193 e. The Bertz CT molecular complexity index is 704. The normalized spacial score (nSPS) is 27.0. The van der Waals surface area contributed by atoms with Crippen LogP contribution in [0.4, 0.5) is 0 Å². The van der Waals surface area contributed by atoms with E-state index in [0.29, 0.717) is 0 Å². The van der Waals surface area contributed by atoms with E-state index in [1.807, 2.05) is 6.08 Å². The molecule has 0 unspecified atom stereocenters. The second-order valence-corrected chi connectivity index (χ2v) is 10.1. The van der Waals surface area contributed by atoms with Gasteiger partial charge in [-0.1, -0.05) is 75.1 Å². The maximum Gasteiger partial charge on any atom is 0.0912 e. The molecule has 0 amide bonds. The van der Waals surface area contributed by atoms with Gasteiger partial charge in [0, 0.05) is 6.08 Å². The first-order chi connectivity index (χ1) is 15.3. The van der Waals surface area contributed by atoms with Gasteiger partial charge >= 0.3 is 0 Å². The third-order valence-corrected chi connectivity index (χ3v) is 7.94. The average molecular weight is 418 g/mol. The van der Waals surface area contributed by atoms with Crippen molar-refractivity contribution in [2.24, 2.45) is 17.8 Å². The van der Waals surface area contributed by atoms with Crippen molar-refractivity contribution in [2.45, 2.75) is 103 Å². The molecule has 0 bridgehead atoms. The quantitative estimate of drug-likeness (QED) is 0.212. The molecule has 1 heteroatoms. The van der Waals surface area contributed by atoms with Crippen LogP contribution < -0.4 is 0 Å². The number of rotatable bonds is 10. The Hall–Kier alpha value is -1.81. The van der Waals surface area contributed by atoms with E-state index in [2.05, 4.69) is 49.4 Å². The molecule has 0 aromatic heterocycles. The van der Waals surface area contributed by atoms with E-state index in [0.717, 1.165) is 23.7 Å². The van der Waals surface area contributed by atoms with Crippen molar-refractivity contribution >= 4 is 0 Å². The number of benzene rings is 1. The van der Waals surface area contributed by atoms with Crippen LogP contribution in [0.15, 0.2) is 48.6 Å². The number of aryl methyl sites for hydroxylation is 1. The largest absolute Gasteiger partial charge is 0.193 e. The van der Waals surface area contributed by atoms with Crippen molar-refractivity contribution in [3.63, 3.8) is 0 Å². The second-order valence-electron chi connectivity index (χ2n) is 10.1. The lowest BCUT2D eigenvalue weighted by atomic mass is 9.68. The van der Waals surface area contributed by atoms with Gasteiger partial charge in [0.2, 0.25) is 0 Å². The van der Waals surface area contributed by atoms with Gasteiger partial charge in [-0.15, -0.1) is 0 Å². The Labute approximate surface area is 191 Å². The zero-order chi connectivity index (χ0) is 21.7. The van der Waals surface area contributed by atoms with Crippen molar-refractivity contribution in [1.82, 2.24) is 0 Å². The molecule has 31 heavy (non-hydrogen) atoms. The highest BCUT2D eigenvalue weighted by molar-refractivity contribution is 5.26. The fourth-order valence-electron chi connectivity index (χ4n) is 5.94. The van der Waals surface area contributed by atoms with Gasteiger partial charge < -0.3 is 0 Å². The zero-order valence-corrected chi connectivity index (χ0v) is 19.8. The topological polar surface area (TPSA) is 23.8 Å². The lowest BCUT2D eigenvalue weighted by molar-refractivity contribution is 0.171. The molecular formula is C30H43N. The molecule has 1 aromatic carbocycles. The van der Waals surface area contributed by atoms with Crippen molar-refractivity contribution in [3.8, 4) is 6.07 Å².